The van der Waals surface area contributed by atoms with Gasteiger partial charge in [0.05, 0.1) is 10.4 Å². The molecular weight excluding hydrogens is 222 g/mol. The Bertz CT molecular complexity index is 524. The van der Waals surface area contributed by atoms with Crippen LogP contribution in [0.2, 0.25) is 0 Å². The number of terminal acetylenes is 1. The third-order valence-electron chi connectivity index (χ3n) is 2.05. The molecule has 0 saturated heterocycles. The molecule has 0 radical (unpaired) electrons. The number of sulfonamides is 1. The molecule has 0 aliphatic rings. The molecule has 0 saturated carbocycles. The Labute approximate surface area is 96.9 Å². The predicted octanol–water partition coefficient (Wildman–Crippen LogP) is 1.69. The Morgan fingerprint density at radius 2 is 2.00 bits per heavy atom. The monoisotopic (exact) mass is 237 g/mol. The highest BCUT2D eigenvalue weighted by molar-refractivity contribution is 7.89. The Morgan fingerprint density at radius 1 is 1.38 bits per heavy atom. The van der Waals surface area contributed by atoms with E-state index in [1.54, 1.807) is 32.0 Å². The van der Waals surface area contributed by atoms with Gasteiger partial charge in [-0.05, 0) is 38.5 Å². The number of nitrogens with one attached hydrogen (secondary N) is 1. The first-order valence-electron chi connectivity index (χ1n) is 4.85. The van der Waals surface area contributed by atoms with Gasteiger partial charge in [-0.3, -0.25) is 0 Å². The summed E-state index contributed by atoms with van der Waals surface area (Å²) in [5, 5.41) is 0. The minimum atomic E-state index is -3.55. The van der Waals surface area contributed by atoms with E-state index >= 15 is 0 Å². The fourth-order valence-electron chi connectivity index (χ4n) is 1.21. The maximum absolute atomic E-state index is 12.0. The lowest BCUT2D eigenvalue weighted by molar-refractivity contribution is 0.539. The van der Waals surface area contributed by atoms with Crippen molar-refractivity contribution in [1.82, 2.24) is 4.72 Å². The fourth-order valence-corrected chi connectivity index (χ4v) is 2.65. The van der Waals surface area contributed by atoms with Crippen LogP contribution >= 0.6 is 0 Å². The number of benzene rings is 1. The van der Waals surface area contributed by atoms with E-state index < -0.39 is 15.6 Å². The van der Waals surface area contributed by atoms with Crippen LogP contribution in [0, 0.1) is 19.3 Å². The van der Waals surface area contributed by atoms with Gasteiger partial charge in [-0.25, -0.2) is 8.42 Å². The van der Waals surface area contributed by atoms with E-state index in [1.165, 1.54) is 0 Å². The predicted molar refractivity (Wildman–Crippen MR) is 64.4 cm³/mol. The summed E-state index contributed by atoms with van der Waals surface area (Å²) in [7, 11) is -3.55. The smallest absolute Gasteiger partial charge is 0.207 e. The van der Waals surface area contributed by atoms with Crippen molar-refractivity contribution < 1.29 is 8.42 Å². The average molecular weight is 237 g/mol. The Kier molecular flexibility index (Phi) is 3.41. The van der Waals surface area contributed by atoms with Crippen molar-refractivity contribution in [1.29, 1.82) is 0 Å². The molecule has 0 heterocycles. The van der Waals surface area contributed by atoms with Gasteiger partial charge < -0.3 is 0 Å². The normalized spacial score (nSPS) is 12.1. The van der Waals surface area contributed by atoms with Crippen LogP contribution in [-0.4, -0.2) is 14.0 Å². The van der Waals surface area contributed by atoms with E-state index in [4.69, 9.17) is 6.42 Å². The van der Waals surface area contributed by atoms with Crippen molar-refractivity contribution in [2.45, 2.75) is 31.2 Å². The van der Waals surface area contributed by atoms with Gasteiger partial charge in [0.2, 0.25) is 10.0 Å². The molecule has 0 aliphatic heterocycles. The van der Waals surface area contributed by atoms with E-state index in [0.29, 0.717) is 0 Å². The summed E-state index contributed by atoms with van der Waals surface area (Å²) < 4.78 is 26.4. The fraction of sp³-hybridized carbons (Fsp3) is 0.333. The molecule has 0 amide bonds. The molecule has 16 heavy (non-hydrogen) atoms. The molecule has 0 fully saturated rings. The first-order chi connectivity index (χ1) is 7.27. The van der Waals surface area contributed by atoms with Crippen LogP contribution in [0.4, 0.5) is 0 Å². The van der Waals surface area contributed by atoms with Gasteiger partial charge >= 0.3 is 0 Å². The van der Waals surface area contributed by atoms with Crippen LogP contribution < -0.4 is 4.72 Å². The largest absolute Gasteiger partial charge is 0.241 e. The molecular formula is C12H15NO2S. The zero-order valence-electron chi connectivity index (χ0n) is 9.61. The van der Waals surface area contributed by atoms with Gasteiger partial charge in [0, 0.05) is 0 Å². The molecule has 0 unspecified atom stereocenters. The minimum Gasteiger partial charge on any atom is -0.207 e. The molecule has 1 N–H and O–H groups in total. The molecule has 0 spiro atoms. The summed E-state index contributed by atoms with van der Waals surface area (Å²) in [6.07, 6.45) is 5.24. The summed E-state index contributed by atoms with van der Waals surface area (Å²) >= 11 is 0. The minimum absolute atomic E-state index is 0.232. The highest BCUT2D eigenvalue weighted by atomic mass is 32.2. The molecule has 0 aliphatic carbocycles. The van der Waals surface area contributed by atoms with Crippen molar-refractivity contribution in [2.24, 2.45) is 0 Å². The molecule has 1 aromatic rings. The molecule has 1 rings (SSSR count). The van der Waals surface area contributed by atoms with Gasteiger partial charge in [0.15, 0.2) is 0 Å². The standard InChI is InChI=1S/C12H15NO2S/c1-5-12(3,4)13-16(14,15)11-8-6-7-10(2)9-11/h1,6-9,13H,2-4H3. The third kappa shape index (κ3) is 3.09. The maximum atomic E-state index is 12.0. The summed E-state index contributed by atoms with van der Waals surface area (Å²) in [5.74, 6) is 2.39. The van der Waals surface area contributed by atoms with E-state index in [0.717, 1.165) is 5.56 Å². The van der Waals surface area contributed by atoms with E-state index in [1.807, 2.05) is 13.0 Å². The summed E-state index contributed by atoms with van der Waals surface area (Å²) in [6.45, 7) is 5.12. The van der Waals surface area contributed by atoms with Crippen molar-refractivity contribution in [3.05, 3.63) is 29.8 Å². The summed E-state index contributed by atoms with van der Waals surface area (Å²) in [6, 6.07) is 6.69. The average Bonchev–Trinajstić information content (AvgIpc) is 2.16. The van der Waals surface area contributed by atoms with Gasteiger partial charge in [0.1, 0.15) is 0 Å². The lowest BCUT2D eigenvalue weighted by Crippen LogP contribution is -2.41. The first-order valence-corrected chi connectivity index (χ1v) is 6.33. The highest BCUT2D eigenvalue weighted by Gasteiger charge is 2.23. The SMILES string of the molecule is C#CC(C)(C)NS(=O)(=O)c1cccc(C)c1. The second-order valence-corrected chi connectivity index (χ2v) is 5.87. The van der Waals surface area contributed by atoms with Gasteiger partial charge in [-0.2, -0.15) is 4.72 Å². The molecule has 0 atom stereocenters. The van der Waals surface area contributed by atoms with E-state index in [2.05, 4.69) is 10.6 Å². The van der Waals surface area contributed by atoms with Crippen molar-refractivity contribution in [3.63, 3.8) is 0 Å². The van der Waals surface area contributed by atoms with Crippen molar-refractivity contribution >= 4 is 10.0 Å². The highest BCUT2D eigenvalue weighted by Crippen LogP contribution is 2.13. The zero-order valence-corrected chi connectivity index (χ0v) is 10.4. The molecule has 0 bridgehead atoms. The Morgan fingerprint density at radius 3 is 2.50 bits per heavy atom. The number of rotatable bonds is 3. The van der Waals surface area contributed by atoms with Crippen LogP contribution in [-0.2, 0) is 10.0 Å². The number of hydrogen-bond acceptors (Lipinski definition) is 2. The lowest BCUT2D eigenvalue weighted by Gasteiger charge is -2.19. The van der Waals surface area contributed by atoms with Crippen LogP contribution in [0.25, 0.3) is 0 Å². The van der Waals surface area contributed by atoms with E-state index in [9.17, 15) is 8.42 Å². The molecule has 86 valence electrons. The molecule has 0 aromatic heterocycles. The van der Waals surface area contributed by atoms with E-state index in [-0.39, 0.29) is 4.90 Å². The quantitative estimate of drug-likeness (QED) is 0.813. The Balaban J connectivity index is 3.10. The first kappa shape index (κ1) is 12.8. The van der Waals surface area contributed by atoms with Gasteiger partial charge in [0.25, 0.3) is 0 Å². The summed E-state index contributed by atoms with van der Waals surface area (Å²) in [4.78, 5) is 0.232. The van der Waals surface area contributed by atoms with Crippen molar-refractivity contribution in [3.8, 4) is 12.3 Å². The zero-order chi connectivity index (χ0) is 12.4. The van der Waals surface area contributed by atoms with Gasteiger partial charge in [-0.1, -0.05) is 18.1 Å². The summed E-state index contributed by atoms with van der Waals surface area (Å²) in [5.41, 5.74) is 0.00384. The van der Waals surface area contributed by atoms with Crippen molar-refractivity contribution in [2.75, 3.05) is 0 Å². The topological polar surface area (TPSA) is 46.2 Å². The van der Waals surface area contributed by atoms with Crippen LogP contribution in [0.15, 0.2) is 29.2 Å². The number of aryl methyl sites for hydroxylation is 1. The van der Waals surface area contributed by atoms with Crippen LogP contribution in [0.5, 0.6) is 0 Å². The second-order valence-electron chi connectivity index (χ2n) is 4.19. The van der Waals surface area contributed by atoms with Gasteiger partial charge in [-0.15, -0.1) is 6.42 Å². The molecule has 1 aromatic carbocycles. The maximum Gasteiger partial charge on any atom is 0.241 e. The Hall–Kier alpha value is -1.31. The van der Waals surface area contributed by atoms with Crippen LogP contribution in [0.1, 0.15) is 19.4 Å². The molecule has 4 heteroatoms. The second kappa shape index (κ2) is 4.28. The number of hydrogen-bond donors (Lipinski definition) is 1. The molecule has 3 nitrogen and oxygen atoms in total. The van der Waals surface area contributed by atoms with Crippen LogP contribution in [0.3, 0.4) is 0 Å². The lowest BCUT2D eigenvalue weighted by atomic mass is 10.1. The third-order valence-corrected chi connectivity index (χ3v) is 3.70.